The molecule has 78 valence electrons. The molecule has 2 heterocycles. The molecule has 0 fully saturated rings. The van der Waals surface area contributed by atoms with Gasteiger partial charge in [0, 0.05) is 0 Å². The highest BCUT2D eigenvalue weighted by Crippen LogP contribution is 2.26. The number of aryl methyl sites for hydroxylation is 2. The molecule has 0 atom stereocenters. The smallest absolute Gasteiger partial charge is 0.239 e. The van der Waals surface area contributed by atoms with Crippen molar-refractivity contribution in [3.63, 3.8) is 0 Å². The van der Waals surface area contributed by atoms with Gasteiger partial charge in [0.05, 0.1) is 9.90 Å². The van der Waals surface area contributed by atoms with Gasteiger partial charge < -0.3 is 4.42 Å². The summed E-state index contributed by atoms with van der Waals surface area (Å²) in [6.45, 7) is 3.74. The first-order valence-corrected chi connectivity index (χ1v) is 5.70. The fraction of sp³-hybridized carbons (Fsp3) is 0.182. The highest BCUT2D eigenvalue weighted by molar-refractivity contribution is 7.13. The number of carbonyl (C=O) groups excluding carboxylic acids is 1. The van der Waals surface area contributed by atoms with Crippen molar-refractivity contribution < 1.29 is 9.21 Å². The number of rotatable bonds is 2. The molecular formula is C11H9ClO2S. The molecular weight excluding hydrogens is 232 g/mol. The normalized spacial score (nSPS) is 10.6. The molecule has 2 aromatic heterocycles. The van der Waals surface area contributed by atoms with Crippen LogP contribution >= 0.6 is 22.9 Å². The number of hydrogen-bond acceptors (Lipinski definition) is 3. The van der Waals surface area contributed by atoms with Crippen LogP contribution < -0.4 is 0 Å². The summed E-state index contributed by atoms with van der Waals surface area (Å²) in [6.07, 6.45) is 0. The lowest BCUT2D eigenvalue weighted by atomic mass is 10.2. The van der Waals surface area contributed by atoms with Crippen molar-refractivity contribution in [1.29, 1.82) is 0 Å². The Labute approximate surface area is 96.5 Å². The molecule has 0 aliphatic carbocycles. The SMILES string of the molecule is Cc1cc(C(=O)c2sccc2Cl)oc1C. The Hall–Kier alpha value is -1.06. The zero-order valence-corrected chi connectivity index (χ0v) is 9.91. The quantitative estimate of drug-likeness (QED) is 0.747. The van der Waals surface area contributed by atoms with Gasteiger partial charge in [-0.3, -0.25) is 4.79 Å². The van der Waals surface area contributed by atoms with Crippen molar-refractivity contribution in [2.75, 3.05) is 0 Å². The molecule has 0 spiro atoms. The lowest BCUT2D eigenvalue weighted by Gasteiger charge is -1.93. The van der Waals surface area contributed by atoms with Crippen LogP contribution in [-0.4, -0.2) is 5.78 Å². The Morgan fingerprint density at radius 2 is 2.20 bits per heavy atom. The van der Waals surface area contributed by atoms with Crippen LogP contribution in [0.3, 0.4) is 0 Å². The van der Waals surface area contributed by atoms with Gasteiger partial charge in [-0.25, -0.2) is 0 Å². The van der Waals surface area contributed by atoms with Crippen LogP contribution in [0, 0.1) is 13.8 Å². The molecule has 4 heteroatoms. The second-order valence-corrected chi connectivity index (χ2v) is 4.60. The average molecular weight is 241 g/mol. The maximum absolute atomic E-state index is 11.9. The van der Waals surface area contributed by atoms with Crippen LogP contribution in [0.1, 0.15) is 26.8 Å². The minimum absolute atomic E-state index is 0.147. The van der Waals surface area contributed by atoms with E-state index in [0.29, 0.717) is 15.7 Å². The third-order valence-corrected chi connectivity index (χ3v) is 3.55. The third-order valence-electron chi connectivity index (χ3n) is 2.21. The molecule has 0 bridgehead atoms. The highest BCUT2D eigenvalue weighted by atomic mass is 35.5. The molecule has 0 saturated heterocycles. The van der Waals surface area contributed by atoms with Gasteiger partial charge in [-0.1, -0.05) is 11.6 Å². The largest absolute Gasteiger partial charge is 0.458 e. The van der Waals surface area contributed by atoms with Crippen LogP contribution in [0.25, 0.3) is 0 Å². The number of halogens is 1. The average Bonchev–Trinajstić information content (AvgIpc) is 2.74. The van der Waals surface area contributed by atoms with E-state index >= 15 is 0 Å². The molecule has 0 N–H and O–H groups in total. The van der Waals surface area contributed by atoms with E-state index < -0.39 is 0 Å². The van der Waals surface area contributed by atoms with Gasteiger partial charge in [0.15, 0.2) is 5.76 Å². The Morgan fingerprint density at radius 3 is 2.67 bits per heavy atom. The summed E-state index contributed by atoms with van der Waals surface area (Å²) in [7, 11) is 0. The molecule has 0 unspecified atom stereocenters. The molecule has 0 aliphatic heterocycles. The molecule has 0 aliphatic rings. The molecule has 15 heavy (non-hydrogen) atoms. The Kier molecular flexibility index (Phi) is 2.67. The topological polar surface area (TPSA) is 30.2 Å². The van der Waals surface area contributed by atoms with E-state index in [4.69, 9.17) is 16.0 Å². The van der Waals surface area contributed by atoms with Crippen molar-refractivity contribution in [2.24, 2.45) is 0 Å². The maximum Gasteiger partial charge on any atom is 0.239 e. The van der Waals surface area contributed by atoms with Gasteiger partial charge in [-0.05, 0) is 36.9 Å². The minimum atomic E-state index is -0.147. The number of ketones is 1. The summed E-state index contributed by atoms with van der Waals surface area (Å²) in [4.78, 5) is 12.5. The van der Waals surface area contributed by atoms with E-state index in [1.54, 1.807) is 17.5 Å². The molecule has 0 radical (unpaired) electrons. The first kappa shape index (κ1) is 10.5. The van der Waals surface area contributed by atoms with Crippen molar-refractivity contribution in [3.05, 3.63) is 44.5 Å². The second kappa shape index (κ2) is 3.83. The zero-order valence-electron chi connectivity index (χ0n) is 8.33. The lowest BCUT2D eigenvalue weighted by molar-refractivity contribution is 0.101. The second-order valence-electron chi connectivity index (χ2n) is 3.28. The van der Waals surface area contributed by atoms with Gasteiger partial charge in [-0.15, -0.1) is 11.3 Å². The van der Waals surface area contributed by atoms with E-state index in [1.807, 2.05) is 13.8 Å². The number of thiophene rings is 1. The van der Waals surface area contributed by atoms with Crippen LogP contribution in [0.15, 0.2) is 21.9 Å². The van der Waals surface area contributed by atoms with E-state index in [1.165, 1.54) is 11.3 Å². The third kappa shape index (κ3) is 1.85. The van der Waals surface area contributed by atoms with Crippen molar-refractivity contribution >= 4 is 28.7 Å². The molecule has 2 nitrogen and oxygen atoms in total. The molecule has 2 rings (SSSR count). The van der Waals surface area contributed by atoms with Crippen LogP contribution in [0.2, 0.25) is 5.02 Å². The van der Waals surface area contributed by atoms with Gasteiger partial charge in [0.25, 0.3) is 0 Å². The summed E-state index contributed by atoms with van der Waals surface area (Å²) >= 11 is 7.21. The van der Waals surface area contributed by atoms with Crippen molar-refractivity contribution in [1.82, 2.24) is 0 Å². The fourth-order valence-electron chi connectivity index (χ4n) is 1.25. The Morgan fingerprint density at radius 1 is 1.47 bits per heavy atom. The van der Waals surface area contributed by atoms with Crippen LogP contribution in [0.5, 0.6) is 0 Å². The monoisotopic (exact) mass is 240 g/mol. The van der Waals surface area contributed by atoms with Crippen LogP contribution in [-0.2, 0) is 0 Å². The minimum Gasteiger partial charge on any atom is -0.458 e. The van der Waals surface area contributed by atoms with Crippen LogP contribution in [0.4, 0.5) is 0 Å². The molecule has 0 saturated carbocycles. The number of hydrogen-bond donors (Lipinski definition) is 0. The Bertz CT molecular complexity index is 491. The van der Waals surface area contributed by atoms with Gasteiger partial charge in [0.2, 0.25) is 5.78 Å². The zero-order chi connectivity index (χ0) is 11.0. The molecule has 0 amide bonds. The van der Waals surface area contributed by atoms with Gasteiger partial charge in [-0.2, -0.15) is 0 Å². The first-order chi connectivity index (χ1) is 7.09. The van der Waals surface area contributed by atoms with Gasteiger partial charge in [0.1, 0.15) is 5.76 Å². The van der Waals surface area contributed by atoms with E-state index in [9.17, 15) is 4.79 Å². The van der Waals surface area contributed by atoms with E-state index in [0.717, 1.165) is 11.3 Å². The standard InChI is InChI=1S/C11H9ClO2S/c1-6-5-9(14-7(6)2)10(13)11-8(12)3-4-15-11/h3-5H,1-2H3. The summed E-state index contributed by atoms with van der Waals surface area (Å²) in [5, 5.41) is 2.27. The van der Waals surface area contributed by atoms with Crippen molar-refractivity contribution in [3.8, 4) is 0 Å². The summed E-state index contributed by atoms with van der Waals surface area (Å²) in [5.74, 6) is 0.978. The van der Waals surface area contributed by atoms with E-state index in [-0.39, 0.29) is 5.78 Å². The van der Waals surface area contributed by atoms with Crippen molar-refractivity contribution in [2.45, 2.75) is 13.8 Å². The predicted molar refractivity (Wildman–Crippen MR) is 60.9 cm³/mol. The highest BCUT2D eigenvalue weighted by Gasteiger charge is 2.18. The molecule has 0 aromatic carbocycles. The summed E-state index contributed by atoms with van der Waals surface area (Å²) < 4.78 is 5.35. The maximum atomic E-state index is 11.9. The first-order valence-electron chi connectivity index (χ1n) is 4.44. The summed E-state index contributed by atoms with van der Waals surface area (Å²) in [6, 6.07) is 3.45. The number of carbonyl (C=O) groups is 1. The summed E-state index contributed by atoms with van der Waals surface area (Å²) in [5.41, 5.74) is 0.978. The lowest BCUT2D eigenvalue weighted by Crippen LogP contribution is -1.96. The predicted octanol–water partition coefficient (Wildman–Crippen LogP) is 3.84. The number of furan rings is 1. The van der Waals surface area contributed by atoms with E-state index in [2.05, 4.69) is 0 Å². The Balaban J connectivity index is 2.41. The van der Waals surface area contributed by atoms with Gasteiger partial charge >= 0.3 is 0 Å². The fourth-order valence-corrected chi connectivity index (χ4v) is 2.34. The molecule has 2 aromatic rings.